The summed E-state index contributed by atoms with van der Waals surface area (Å²) in [5.41, 5.74) is 1.17. The fraction of sp³-hybridized carbons (Fsp3) is 0.222. The van der Waals surface area contributed by atoms with Crippen molar-refractivity contribution in [3.8, 4) is 0 Å². The molecule has 0 unspecified atom stereocenters. The standard InChI is InChI=1S/C18H13BrClNO3/c19-11-5-6-15(20)13(9-11)16(22)21-8-7-18(10-21)14-4-2-1-3-12(14)17(23)24-18/h1-6,9H,7-8,10H2/t18-/m0/s1. The number of hydrogen-bond acceptors (Lipinski definition) is 3. The van der Waals surface area contributed by atoms with Crippen LogP contribution in [0.4, 0.5) is 0 Å². The maximum absolute atomic E-state index is 12.8. The maximum atomic E-state index is 12.8. The lowest BCUT2D eigenvalue weighted by Gasteiger charge is -2.24. The molecule has 0 bridgehead atoms. The lowest BCUT2D eigenvalue weighted by atomic mass is 9.91. The first-order valence-electron chi connectivity index (χ1n) is 7.57. The molecule has 1 saturated heterocycles. The number of rotatable bonds is 1. The minimum atomic E-state index is -0.734. The van der Waals surface area contributed by atoms with Crippen LogP contribution in [0.15, 0.2) is 46.9 Å². The molecule has 1 fully saturated rings. The van der Waals surface area contributed by atoms with Crippen LogP contribution in [0.2, 0.25) is 5.02 Å². The van der Waals surface area contributed by atoms with Gasteiger partial charge in [-0.1, -0.05) is 45.7 Å². The Morgan fingerprint density at radius 2 is 2.04 bits per heavy atom. The summed E-state index contributed by atoms with van der Waals surface area (Å²) in [5.74, 6) is -0.473. The Balaban J connectivity index is 1.65. The lowest BCUT2D eigenvalue weighted by Crippen LogP contribution is -2.34. The van der Waals surface area contributed by atoms with Crippen LogP contribution >= 0.6 is 27.5 Å². The number of nitrogens with zero attached hydrogens (tertiary/aromatic N) is 1. The number of ether oxygens (including phenoxy) is 1. The van der Waals surface area contributed by atoms with E-state index in [-0.39, 0.29) is 11.9 Å². The summed E-state index contributed by atoms with van der Waals surface area (Å²) >= 11 is 9.53. The van der Waals surface area contributed by atoms with Crippen LogP contribution in [-0.2, 0) is 10.3 Å². The number of carbonyl (C=O) groups is 2. The molecular formula is C18H13BrClNO3. The molecule has 24 heavy (non-hydrogen) atoms. The van der Waals surface area contributed by atoms with E-state index in [0.717, 1.165) is 10.0 Å². The Kier molecular flexibility index (Phi) is 3.66. The van der Waals surface area contributed by atoms with Crippen LogP contribution < -0.4 is 0 Å². The Morgan fingerprint density at radius 3 is 2.88 bits per heavy atom. The van der Waals surface area contributed by atoms with Crippen molar-refractivity contribution in [2.45, 2.75) is 12.0 Å². The Hall–Kier alpha value is -1.85. The SMILES string of the molecule is O=C1O[C@]2(CCN(C(=O)c3cc(Br)ccc3Cl)C2)c2ccccc21. The molecule has 1 amide bonds. The Morgan fingerprint density at radius 1 is 1.25 bits per heavy atom. The third-order valence-corrected chi connectivity index (χ3v) is 5.43. The molecule has 2 aliphatic heterocycles. The van der Waals surface area contributed by atoms with Crippen molar-refractivity contribution in [1.29, 1.82) is 0 Å². The second-order valence-corrected chi connectivity index (χ2v) is 7.35. The van der Waals surface area contributed by atoms with Crippen molar-refractivity contribution in [3.05, 3.63) is 68.7 Å². The predicted octanol–water partition coefficient (Wildman–Crippen LogP) is 4.01. The predicted molar refractivity (Wildman–Crippen MR) is 93.2 cm³/mol. The topological polar surface area (TPSA) is 46.6 Å². The van der Waals surface area contributed by atoms with Crippen LogP contribution in [0.3, 0.4) is 0 Å². The van der Waals surface area contributed by atoms with Gasteiger partial charge in [-0.15, -0.1) is 0 Å². The van der Waals surface area contributed by atoms with Crippen molar-refractivity contribution < 1.29 is 14.3 Å². The van der Waals surface area contributed by atoms with Gasteiger partial charge in [0, 0.05) is 23.0 Å². The molecule has 6 heteroatoms. The monoisotopic (exact) mass is 405 g/mol. The second kappa shape index (κ2) is 5.60. The average molecular weight is 407 g/mol. The number of hydrogen-bond donors (Lipinski definition) is 0. The average Bonchev–Trinajstić information content (AvgIpc) is 3.12. The molecule has 0 radical (unpaired) electrons. The summed E-state index contributed by atoms with van der Waals surface area (Å²) < 4.78 is 6.47. The largest absolute Gasteiger partial charge is 0.449 e. The molecule has 2 heterocycles. The van der Waals surface area contributed by atoms with E-state index in [1.807, 2.05) is 18.2 Å². The van der Waals surface area contributed by atoms with Gasteiger partial charge < -0.3 is 9.64 Å². The van der Waals surface area contributed by atoms with Gasteiger partial charge in [-0.05, 0) is 24.3 Å². The minimum Gasteiger partial charge on any atom is -0.449 e. The number of halogens is 2. The van der Waals surface area contributed by atoms with Gasteiger partial charge in [0.05, 0.1) is 22.7 Å². The number of carbonyl (C=O) groups excluding carboxylic acids is 2. The fourth-order valence-corrected chi connectivity index (χ4v) is 4.00. The molecule has 1 spiro atoms. The third kappa shape index (κ3) is 2.34. The molecular weight excluding hydrogens is 394 g/mol. The highest BCUT2D eigenvalue weighted by Crippen LogP contribution is 2.43. The first-order chi connectivity index (χ1) is 11.5. The van der Waals surface area contributed by atoms with Gasteiger partial charge in [0.25, 0.3) is 5.91 Å². The van der Waals surface area contributed by atoms with E-state index in [4.69, 9.17) is 16.3 Å². The van der Waals surface area contributed by atoms with E-state index < -0.39 is 5.60 Å². The van der Waals surface area contributed by atoms with Gasteiger partial charge in [-0.2, -0.15) is 0 Å². The molecule has 0 aliphatic carbocycles. The van der Waals surface area contributed by atoms with Crippen molar-refractivity contribution >= 4 is 39.4 Å². The summed E-state index contributed by atoms with van der Waals surface area (Å²) in [4.78, 5) is 26.7. The van der Waals surface area contributed by atoms with Gasteiger partial charge in [0.1, 0.15) is 0 Å². The highest BCUT2D eigenvalue weighted by molar-refractivity contribution is 9.10. The summed E-state index contributed by atoms with van der Waals surface area (Å²) in [7, 11) is 0. The quantitative estimate of drug-likeness (QED) is 0.672. The van der Waals surface area contributed by atoms with Crippen molar-refractivity contribution in [2.75, 3.05) is 13.1 Å². The number of fused-ring (bicyclic) bond motifs is 2. The summed E-state index contributed by atoms with van der Waals surface area (Å²) in [5, 5.41) is 0.410. The number of esters is 1. The van der Waals surface area contributed by atoms with Crippen molar-refractivity contribution in [1.82, 2.24) is 4.90 Å². The second-order valence-electron chi connectivity index (χ2n) is 6.03. The number of amides is 1. The zero-order valence-corrected chi connectivity index (χ0v) is 14.9. The van der Waals surface area contributed by atoms with Gasteiger partial charge in [-0.25, -0.2) is 4.79 Å². The van der Waals surface area contributed by atoms with Gasteiger partial charge in [0.2, 0.25) is 0 Å². The highest BCUT2D eigenvalue weighted by Gasteiger charge is 2.50. The Bertz CT molecular complexity index is 869. The van der Waals surface area contributed by atoms with Gasteiger partial charge in [0.15, 0.2) is 5.60 Å². The minimum absolute atomic E-state index is 0.154. The van der Waals surface area contributed by atoms with E-state index in [1.54, 1.807) is 29.2 Å². The molecule has 0 N–H and O–H groups in total. The van der Waals surface area contributed by atoms with Gasteiger partial charge >= 0.3 is 5.97 Å². The van der Waals surface area contributed by atoms with Crippen LogP contribution in [0.5, 0.6) is 0 Å². The maximum Gasteiger partial charge on any atom is 0.339 e. The van der Waals surface area contributed by atoms with Crippen LogP contribution in [-0.4, -0.2) is 29.9 Å². The molecule has 122 valence electrons. The van der Waals surface area contributed by atoms with Crippen LogP contribution in [0.1, 0.15) is 32.7 Å². The van der Waals surface area contributed by atoms with Crippen LogP contribution in [0, 0.1) is 0 Å². The number of benzene rings is 2. The van der Waals surface area contributed by atoms with Crippen molar-refractivity contribution in [3.63, 3.8) is 0 Å². The number of likely N-dealkylation sites (tertiary alicyclic amines) is 1. The van der Waals surface area contributed by atoms with E-state index in [1.165, 1.54) is 0 Å². The normalized spacial score (nSPS) is 21.9. The third-order valence-electron chi connectivity index (χ3n) is 4.60. The first kappa shape index (κ1) is 15.7. The molecule has 0 aromatic heterocycles. The van der Waals surface area contributed by atoms with E-state index in [2.05, 4.69) is 15.9 Å². The first-order valence-corrected chi connectivity index (χ1v) is 8.74. The molecule has 4 nitrogen and oxygen atoms in total. The molecule has 2 aromatic rings. The lowest BCUT2D eigenvalue weighted by molar-refractivity contribution is -0.00306. The smallest absolute Gasteiger partial charge is 0.339 e. The molecule has 4 rings (SSSR count). The van der Waals surface area contributed by atoms with Gasteiger partial charge in [-0.3, -0.25) is 4.79 Å². The highest BCUT2D eigenvalue weighted by atomic mass is 79.9. The zero-order valence-electron chi connectivity index (χ0n) is 12.6. The van der Waals surface area contributed by atoms with Crippen LogP contribution in [0.25, 0.3) is 0 Å². The molecule has 2 aliphatic rings. The van der Waals surface area contributed by atoms with Crippen molar-refractivity contribution in [2.24, 2.45) is 0 Å². The summed E-state index contributed by atoms with van der Waals surface area (Å²) in [6, 6.07) is 12.6. The van der Waals surface area contributed by atoms with E-state index in [0.29, 0.717) is 35.7 Å². The fourth-order valence-electron chi connectivity index (χ4n) is 3.44. The summed E-state index contributed by atoms with van der Waals surface area (Å²) in [6.45, 7) is 0.862. The van der Waals surface area contributed by atoms with E-state index in [9.17, 15) is 9.59 Å². The van der Waals surface area contributed by atoms with E-state index >= 15 is 0 Å². The molecule has 0 saturated carbocycles. The summed E-state index contributed by atoms with van der Waals surface area (Å²) in [6.07, 6.45) is 0.590. The Labute approximate surface area is 152 Å². The zero-order chi connectivity index (χ0) is 16.9. The molecule has 1 atom stereocenters. The molecule has 2 aromatic carbocycles.